The van der Waals surface area contributed by atoms with E-state index in [0.717, 1.165) is 25.0 Å². The molecule has 0 aromatic rings. The zero-order valence-corrected chi connectivity index (χ0v) is 13.8. The summed E-state index contributed by atoms with van der Waals surface area (Å²) < 4.78 is 40.3. The molecule has 3 aliphatic rings. The van der Waals surface area contributed by atoms with E-state index in [1.165, 1.54) is 7.05 Å². The van der Waals surface area contributed by atoms with E-state index in [2.05, 4.69) is 5.32 Å². The van der Waals surface area contributed by atoms with E-state index in [4.69, 9.17) is 0 Å². The van der Waals surface area contributed by atoms with Gasteiger partial charge in [-0.3, -0.25) is 20.2 Å². The molecule has 2 aliphatic carbocycles. The van der Waals surface area contributed by atoms with Crippen molar-refractivity contribution in [1.29, 1.82) is 0 Å². The third kappa shape index (κ3) is 3.05. The van der Waals surface area contributed by atoms with Crippen LogP contribution in [0, 0.1) is 16.0 Å². The van der Waals surface area contributed by atoms with E-state index in [1.807, 2.05) is 0 Å². The Morgan fingerprint density at radius 2 is 1.96 bits per heavy atom. The summed E-state index contributed by atoms with van der Waals surface area (Å²) in [6.07, 6.45) is -0.477. The van der Waals surface area contributed by atoms with Crippen LogP contribution in [0.4, 0.5) is 13.2 Å². The van der Waals surface area contributed by atoms with E-state index < -0.39 is 40.0 Å². The van der Waals surface area contributed by atoms with E-state index in [0.29, 0.717) is 25.9 Å². The number of alkyl halides is 3. The van der Waals surface area contributed by atoms with Crippen molar-refractivity contribution in [2.75, 3.05) is 20.1 Å². The third-order valence-corrected chi connectivity index (χ3v) is 5.18. The zero-order chi connectivity index (χ0) is 18.4. The molecular formula is C16H20F3N3O3. The number of allylic oxidation sites excluding steroid dienone is 2. The lowest BCUT2D eigenvalue weighted by Gasteiger charge is -2.39. The second-order valence-electron chi connectivity index (χ2n) is 6.81. The molecule has 1 heterocycles. The molecule has 1 saturated carbocycles. The van der Waals surface area contributed by atoms with Gasteiger partial charge >= 0.3 is 6.18 Å². The number of carbonyl (C=O) groups is 1. The molecule has 2 unspecified atom stereocenters. The van der Waals surface area contributed by atoms with Gasteiger partial charge < -0.3 is 4.90 Å². The lowest BCUT2D eigenvalue weighted by Crippen LogP contribution is -2.64. The second-order valence-corrected chi connectivity index (χ2v) is 6.81. The zero-order valence-electron chi connectivity index (χ0n) is 13.8. The van der Waals surface area contributed by atoms with Gasteiger partial charge in [0.05, 0.1) is 11.3 Å². The molecule has 3 rings (SSSR count). The molecule has 0 spiro atoms. The minimum Gasteiger partial charge on any atom is -0.369 e. The van der Waals surface area contributed by atoms with Crippen molar-refractivity contribution < 1.29 is 22.9 Å². The fourth-order valence-corrected chi connectivity index (χ4v) is 3.74. The Morgan fingerprint density at radius 1 is 1.36 bits per heavy atom. The van der Waals surface area contributed by atoms with Crippen LogP contribution in [0.5, 0.6) is 0 Å². The van der Waals surface area contributed by atoms with Crippen molar-refractivity contribution >= 4 is 5.78 Å². The molecule has 1 saturated heterocycles. The highest BCUT2D eigenvalue weighted by Gasteiger charge is 2.60. The minimum absolute atomic E-state index is 0.0272. The first kappa shape index (κ1) is 17.9. The number of nitrogens with one attached hydrogen (secondary N) is 1. The first-order chi connectivity index (χ1) is 11.7. The number of hydrogen-bond acceptors (Lipinski definition) is 5. The fourth-order valence-electron chi connectivity index (χ4n) is 3.74. The molecule has 0 amide bonds. The van der Waals surface area contributed by atoms with E-state index in [9.17, 15) is 28.1 Å². The highest BCUT2D eigenvalue weighted by atomic mass is 19.4. The summed E-state index contributed by atoms with van der Waals surface area (Å²) in [7, 11) is 1.31. The quantitative estimate of drug-likeness (QED) is 0.601. The Hall–Kier alpha value is -1.90. The highest BCUT2D eigenvalue weighted by molar-refractivity contribution is 5.96. The van der Waals surface area contributed by atoms with Gasteiger partial charge in [-0.15, -0.1) is 0 Å². The summed E-state index contributed by atoms with van der Waals surface area (Å²) in [5.41, 5.74) is -3.00. The number of hydrogen-bond donors (Lipinski definition) is 1. The predicted molar refractivity (Wildman–Crippen MR) is 83.3 cm³/mol. The SMILES string of the molecule is CNC1(C(=O)C2CC2)C=C(C(F)(F)F)C=C(N2CCCC2)C1[N+](=O)[O-]. The molecule has 1 aliphatic heterocycles. The van der Waals surface area contributed by atoms with Crippen LogP contribution in [0.3, 0.4) is 0 Å². The lowest BCUT2D eigenvalue weighted by molar-refractivity contribution is -0.521. The summed E-state index contributed by atoms with van der Waals surface area (Å²) in [6, 6.07) is -1.56. The first-order valence-electron chi connectivity index (χ1n) is 8.34. The molecule has 2 atom stereocenters. The fraction of sp³-hybridized carbons (Fsp3) is 0.688. The predicted octanol–water partition coefficient (Wildman–Crippen LogP) is 2.05. The smallest absolute Gasteiger partial charge is 0.369 e. The van der Waals surface area contributed by atoms with Gasteiger partial charge in [0, 0.05) is 23.9 Å². The average Bonchev–Trinajstić information content (AvgIpc) is 3.25. The average molecular weight is 359 g/mol. The van der Waals surface area contributed by atoms with Crippen molar-refractivity contribution in [2.24, 2.45) is 5.92 Å². The van der Waals surface area contributed by atoms with Crippen molar-refractivity contribution in [3.8, 4) is 0 Å². The molecule has 6 nitrogen and oxygen atoms in total. The Morgan fingerprint density at radius 3 is 2.40 bits per heavy atom. The molecular weight excluding hydrogens is 339 g/mol. The second kappa shape index (κ2) is 6.12. The number of nitro groups is 1. The number of likely N-dealkylation sites (N-methyl/N-ethyl adjacent to an activating group) is 1. The number of ketones is 1. The summed E-state index contributed by atoms with van der Waals surface area (Å²) in [5, 5.41) is 14.4. The summed E-state index contributed by atoms with van der Waals surface area (Å²) >= 11 is 0. The molecule has 138 valence electrons. The van der Waals surface area contributed by atoms with Crippen LogP contribution in [-0.4, -0.2) is 53.5 Å². The number of nitrogens with zero attached hydrogens (tertiary/aromatic N) is 2. The first-order valence-corrected chi connectivity index (χ1v) is 8.34. The van der Waals surface area contributed by atoms with Gasteiger partial charge in [-0.2, -0.15) is 13.2 Å². The third-order valence-electron chi connectivity index (χ3n) is 5.18. The van der Waals surface area contributed by atoms with Gasteiger partial charge in [0.1, 0.15) is 0 Å². The Bertz CT molecular complexity index is 649. The molecule has 0 bridgehead atoms. The molecule has 0 radical (unpaired) electrons. The topological polar surface area (TPSA) is 75.5 Å². The van der Waals surface area contributed by atoms with Gasteiger partial charge in [-0.05, 0) is 44.9 Å². The van der Waals surface area contributed by atoms with Crippen LogP contribution in [-0.2, 0) is 4.79 Å². The molecule has 2 fully saturated rings. The minimum atomic E-state index is -4.68. The van der Waals surface area contributed by atoms with Gasteiger partial charge in [0.2, 0.25) is 0 Å². The monoisotopic (exact) mass is 359 g/mol. The molecule has 9 heteroatoms. The number of Topliss-reactive ketones (excluding diaryl/α,β-unsaturated/α-hetero) is 1. The highest BCUT2D eigenvalue weighted by Crippen LogP contribution is 2.43. The van der Waals surface area contributed by atoms with Gasteiger partial charge in [-0.1, -0.05) is 0 Å². The van der Waals surface area contributed by atoms with Gasteiger partial charge in [-0.25, -0.2) is 0 Å². The largest absolute Gasteiger partial charge is 0.416 e. The Balaban J connectivity index is 2.16. The molecule has 0 aromatic heterocycles. The summed E-state index contributed by atoms with van der Waals surface area (Å²) in [5.74, 6) is -0.943. The summed E-state index contributed by atoms with van der Waals surface area (Å²) in [4.78, 5) is 25.6. The van der Waals surface area contributed by atoms with Crippen LogP contribution in [0.25, 0.3) is 0 Å². The number of carbonyl (C=O) groups excluding carboxylic acids is 1. The van der Waals surface area contributed by atoms with Crippen LogP contribution < -0.4 is 5.32 Å². The molecule has 1 N–H and O–H groups in total. The summed E-state index contributed by atoms with van der Waals surface area (Å²) in [6.45, 7) is 0.914. The van der Waals surface area contributed by atoms with Crippen molar-refractivity contribution in [2.45, 2.75) is 43.4 Å². The number of rotatable bonds is 5. The standard InChI is InChI=1S/C16H20F3N3O3/c1-20-15(14(23)10-4-5-10)9-11(16(17,18)19)8-12(13(15)22(24)25)21-6-2-3-7-21/h8-10,13,20H,2-7H2,1H3. The van der Waals surface area contributed by atoms with E-state index in [-0.39, 0.29) is 5.70 Å². The molecule has 0 aromatic carbocycles. The van der Waals surface area contributed by atoms with Crippen LogP contribution >= 0.6 is 0 Å². The normalized spacial score (nSPS) is 30.1. The van der Waals surface area contributed by atoms with Crippen LogP contribution in [0.15, 0.2) is 23.4 Å². The number of halogens is 3. The van der Waals surface area contributed by atoms with Gasteiger partial charge in [0.15, 0.2) is 11.3 Å². The van der Waals surface area contributed by atoms with Gasteiger partial charge in [0.25, 0.3) is 6.04 Å². The van der Waals surface area contributed by atoms with Crippen molar-refractivity contribution in [3.05, 3.63) is 33.5 Å². The maximum atomic E-state index is 13.4. The molecule has 25 heavy (non-hydrogen) atoms. The number of likely N-dealkylation sites (tertiary alicyclic amines) is 1. The maximum absolute atomic E-state index is 13.4. The van der Waals surface area contributed by atoms with Crippen LogP contribution in [0.1, 0.15) is 25.7 Å². The Kier molecular flexibility index (Phi) is 4.38. The van der Waals surface area contributed by atoms with E-state index in [1.54, 1.807) is 4.90 Å². The van der Waals surface area contributed by atoms with Crippen molar-refractivity contribution in [3.63, 3.8) is 0 Å². The van der Waals surface area contributed by atoms with E-state index >= 15 is 0 Å². The van der Waals surface area contributed by atoms with Crippen molar-refractivity contribution in [1.82, 2.24) is 10.2 Å². The Labute approximate surface area is 142 Å². The lowest BCUT2D eigenvalue weighted by atomic mass is 9.76. The maximum Gasteiger partial charge on any atom is 0.416 e. The van der Waals surface area contributed by atoms with Crippen LogP contribution in [0.2, 0.25) is 0 Å².